The normalized spacial score (nSPS) is 45.8. The maximum absolute atomic E-state index is 11.2. The molecule has 8 aliphatic carbocycles. The molecule has 8 saturated carbocycles. The number of carboxylic acid groups (broad SMARTS) is 2. The van der Waals surface area contributed by atoms with Gasteiger partial charge in [0, 0.05) is 45.0 Å². The summed E-state index contributed by atoms with van der Waals surface area (Å²) in [5.74, 6) is 4.71. The highest BCUT2D eigenvalue weighted by Crippen LogP contribution is 2.70. The van der Waals surface area contributed by atoms with Gasteiger partial charge in [-0.3, -0.25) is 14.6 Å². The molecular weight excluding hydrogens is 817 g/mol. The number of aliphatic carboxylic acids is 2. The third-order valence-corrected chi connectivity index (χ3v) is 21.6. The van der Waals surface area contributed by atoms with Crippen molar-refractivity contribution in [2.45, 2.75) is 194 Å². The molecule has 0 spiro atoms. The summed E-state index contributed by atoms with van der Waals surface area (Å²) in [6.07, 6.45) is 22.0. The zero-order chi connectivity index (χ0) is 47.2. The quantitative estimate of drug-likeness (QED) is 0.140. The molecule has 65 heavy (non-hydrogen) atoms. The molecule has 0 amide bonds. The van der Waals surface area contributed by atoms with Crippen LogP contribution >= 0.6 is 0 Å². The second-order valence-electron chi connectivity index (χ2n) is 24.8. The summed E-state index contributed by atoms with van der Waals surface area (Å²) < 4.78 is 0. The highest BCUT2D eigenvalue weighted by Gasteiger charge is 2.64. The van der Waals surface area contributed by atoms with E-state index in [9.17, 15) is 30.0 Å². The second kappa shape index (κ2) is 20.0. The van der Waals surface area contributed by atoms with Crippen LogP contribution in [0.15, 0.2) is 24.5 Å². The van der Waals surface area contributed by atoms with Crippen LogP contribution in [-0.4, -0.2) is 86.1 Å². The van der Waals surface area contributed by atoms with Crippen LogP contribution in [-0.2, 0) is 9.59 Å². The Morgan fingerprint density at radius 3 is 1.31 bits per heavy atom. The summed E-state index contributed by atoms with van der Waals surface area (Å²) in [5, 5.41) is 61.1. The minimum atomic E-state index is -0.684. The fraction of sp³-hybridized carbons (Fsp3) is 0.873. The predicted molar refractivity (Wildman–Crippen MR) is 256 cm³/mol. The topological polar surface area (TPSA) is 172 Å². The molecule has 1 heterocycles. The van der Waals surface area contributed by atoms with Crippen LogP contribution in [0.2, 0.25) is 0 Å². The van der Waals surface area contributed by atoms with Crippen LogP contribution in [0.4, 0.5) is 5.69 Å². The van der Waals surface area contributed by atoms with Gasteiger partial charge in [-0.25, -0.2) is 0 Å². The number of carbonyl (C=O) groups is 2. The average molecular weight is 907 g/mol. The summed E-state index contributed by atoms with van der Waals surface area (Å²) in [7, 11) is 4.02. The number of aliphatic hydroxyl groups is 4. The standard InChI is InChI=1S/2C24H40O4.C7H10N2/c2*1-14(4-7-21(27)28)17-5-6-18-22-19(9-11-24(17,18)3)23(2)10-8-16(25)12-15(23)13-20(22)26;1-9(2)7-3-5-8-6-4-7/h2*14-20,22,25-26H,4-13H2,1-3H3,(H,27,28);3-6H,1-2H3/t2*14-,15+,16-,17-,18+,19+,20+,22+,23+,24-;/m11./s1. The molecule has 20 atom stereocenters. The van der Waals surface area contributed by atoms with Crippen LogP contribution < -0.4 is 4.90 Å². The number of anilines is 1. The Balaban J connectivity index is 0.000000163. The van der Waals surface area contributed by atoms with Gasteiger partial charge in [-0.1, -0.05) is 41.5 Å². The molecule has 0 bridgehead atoms. The first-order chi connectivity index (χ1) is 30.6. The summed E-state index contributed by atoms with van der Waals surface area (Å²) in [5.41, 5.74) is 2.23. The minimum absolute atomic E-state index is 0.179. The molecule has 0 unspecified atom stereocenters. The van der Waals surface area contributed by atoms with Gasteiger partial charge >= 0.3 is 11.9 Å². The Morgan fingerprint density at radius 1 is 0.585 bits per heavy atom. The third-order valence-electron chi connectivity index (χ3n) is 21.6. The molecule has 8 aliphatic rings. The first-order valence-corrected chi connectivity index (χ1v) is 26.4. The van der Waals surface area contributed by atoms with E-state index >= 15 is 0 Å². The molecule has 6 N–H and O–H groups in total. The van der Waals surface area contributed by atoms with Crippen molar-refractivity contribution in [2.75, 3.05) is 19.0 Å². The van der Waals surface area contributed by atoms with Crippen LogP contribution in [0, 0.1) is 92.7 Å². The zero-order valence-corrected chi connectivity index (χ0v) is 41.6. The van der Waals surface area contributed by atoms with E-state index in [0.717, 1.165) is 64.2 Å². The van der Waals surface area contributed by atoms with Crippen molar-refractivity contribution >= 4 is 17.6 Å². The molecule has 9 rings (SSSR count). The molecular formula is C55H90N2O8. The van der Waals surface area contributed by atoms with Crippen molar-refractivity contribution in [3.8, 4) is 0 Å². The van der Waals surface area contributed by atoms with Gasteiger partial charge in [-0.05, 0) is 220 Å². The number of aliphatic hydroxyl groups excluding tert-OH is 4. The number of hydrogen-bond acceptors (Lipinski definition) is 8. The van der Waals surface area contributed by atoms with Gasteiger partial charge in [0.05, 0.1) is 24.4 Å². The minimum Gasteiger partial charge on any atom is -0.481 e. The summed E-state index contributed by atoms with van der Waals surface area (Å²) >= 11 is 0. The van der Waals surface area contributed by atoms with E-state index in [1.807, 2.05) is 31.1 Å². The van der Waals surface area contributed by atoms with E-state index in [1.165, 1.54) is 57.1 Å². The van der Waals surface area contributed by atoms with Crippen molar-refractivity contribution in [3.63, 3.8) is 0 Å². The molecule has 0 aromatic carbocycles. The van der Waals surface area contributed by atoms with Gasteiger partial charge in [0.2, 0.25) is 0 Å². The van der Waals surface area contributed by atoms with Crippen molar-refractivity contribution < 1.29 is 40.2 Å². The molecule has 368 valence electrons. The van der Waals surface area contributed by atoms with Gasteiger partial charge in [0.1, 0.15) is 0 Å². The first-order valence-electron chi connectivity index (χ1n) is 26.4. The molecule has 8 fully saturated rings. The SMILES string of the molecule is CN(C)c1ccncc1.C[C@H](CCC(=O)O)[C@H]1CC[C@H]2[C@@H]3[C@@H](O)C[C@@H]4C[C@H](O)CC[C@]4(C)[C@H]3CC[C@]12C.C[C@H](CCC(=O)O)[C@H]1CC[C@H]2[C@@H]3[C@@H](O)C[C@@H]4C[C@H](O)CC[C@]4(C)[C@H]3CC[C@]12C. The fourth-order valence-electron chi connectivity index (χ4n) is 18.1. The first kappa shape index (κ1) is 50.6. The van der Waals surface area contributed by atoms with Crippen molar-refractivity contribution in [3.05, 3.63) is 24.5 Å². The van der Waals surface area contributed by atoms with Gasteiger partial charge in [-0.2, -0.15) is 0 Å². The number of rotatable bonds is 9. The molecule has 10 heteroatoms. The van der Waals surface area contributed by atoms with Crippen molar-refractivity contribution in [2.24, 2.45) is 92.7 Å². The van der Waals surface area contributed by atoms with Gasteiger partial charge in [0.25, 0.3) is 0 Å². The molecule has 1 aromatic rings. The molecule has 0 aliphatic heterocycles. The predicted octanol–water partition coefficient (Wildman–Crippen LogP) is 10.1. The van der Waals surface area contributed by atoms with E-state index in [2.05, 4.69) is 46.5 Å². The summed E-state index contributed by atoms with van der Waals surface area (Å²) in [4.78, 5) is 28.1. The van der Waals surface area contributed by atoms with Crippen LogP contribution in [0.5, 0.6) is 0 Å². The smallest absolute Gasteiger partial charge is 0.303 e. The number of fused-ring (bicyclic) bond motifs is 10. The van der Waals surface area contributed by atoms with Crippen molar-refractivity contribution in [1.29, 1.82) is 0 Å². The highest BCUT2D eigenvalue weighted by atomic mass is 16.4. The summed E-state index contributed by atoms with van der Waals surface area (Å²) in [6.45, 7) is 14.3. The van der Waals surface area contributed by atoms with Gasteiger partial charge in [0.15, 0.2) is 0 Å². The highest BCUT2D eigenvalue weighted by molar-refractivity contribution is 5.66. The largest absolute Gasteiger partial charge is 0.481 e. The lowest BCUT2D eigenvalue weighted by atomic mass is 9.43. The third kappa shape index (κ3) is 9.82. The lowest BCUT2D eigenvalue weighted by Crippen LogP contribution is -2.58. The Kier molecular flexibility index (Phi) is 15.6. The lowest BCUT2D eigenvalue weighted by Gasteiger charge is -2.62. The zero-order valence-electron chi connectivity index (χ0n) is 41.6. The van der Waals surface area contributed by atoms with E-state index in [1.54, 1.807) is 12.4 Å². The average Bonchev–Trinajstić information content (AvgIpc) is 3.80. The number of aromatic nitrogens is 1. The van der Waals surface area contributed by atoms with E-state index in [-0.39, 0.29) is 58.9 Å². The number of pyridine rings is 1. The van der Waals surface area contributed by atoms with E-state index in [4.69, 9.17) is 10.2 Å². The Hall–Kier alpha value is -2.27. The maximum atomic E-state index is 11.2. The van der Waals surface area contributed by atoms with E-state index in [0.29, 0.717) is 71.0 Å². The fourth-order valence-corrected chi connectivity index (χ4v) is 18.1. The second-order valence-corrected chi connectivity index (χ2v) is 24.8. The van der Waals surface area contributed by atoms with Gasteiger partial charge in [-0.15, -0.1) is 0 Å². The Morgan fingerprint density at radius 2 is 0.954 bits per heavy atom. The number of hydrogen-bond donors (Lipinski definition) is 6. The number of carboxylic acids is 2. The van der Waals surface area contributed by atoms with E-state index < -0.39 is 11.9 Å². The Bertz CT molecular complexity index is 1660. The molecule has 0 radical (unpaired) electrons. The molecule has 1 aromatic heterocycles. The molecule has 10 nitrogen and oxygen atoms in total. The maximum Gasteiger partial charge on any atom is 0.303 e. The monoisotopic (exact) mass is 907 g/mol. The Labute approximate surface area is 392 Å². The van der Waals surface area contributed by atoms with Crippen LogP contribution in [0.1, 0.15) is 170 Å². The van der Waals surface area contributed by atoms with Crippen LogP contribution in [0.25, 0.3) is 0 Å². The van der Waals surface area contributed by atoms with Gasteiger partial charge < -0.3 is 35.5 Å². The molecule has 0 saturated heterocycles. The lowest BCUT2D eigenvalue weighted by molar-refractivity contribution is -0.174. The van der Waals surface area contributed by atoms with Crippen molar-refractivity contribution in [1.82, 2.24) is 4.98 Å². The summed E-state index contributed by atoms with van der Waals surface area (Å²) in [6, 6.07) is 3.94. The van der Waals surface area contributed by atoms with Crippen LogP contribution in [0.3, 0.4) is 0 Å². The number of nitrogens with zero attached hydrogens (tertiary/aromatic N) is 2.